The van der Waals surface area contributed by atoms with Crippen LogP contribution in [0.5, 0.6) is 11.5 Å². The molecule has 0 aromatic heterocycles. The lowest BCUT2D eigenvalue weighted by atomic mass is 9.89. The van der Waals surface area contributed by atoms with E-state index in [0.29, 0.717) is 6.54 Å². The molecule has 246 valence electrons. The number of carbonyl (C=O) groups excluding carboxylic acids is 2. The number of rotatable bonds is 11. The maximum Gasteiger partial charge on any atom is 0.303 e. The summed E-state index contributed by atoms with van der Waals surface area (Å²) in [6.45, 7) is 7.66. The molecule has 0 spiro atoms. The van der Waals surface area contributed by atoms with Crippen LogP contribution in [0.25, 0.3) is 0 Å². The highest BCUT2D eigenvalue weighted by Crippen LogP contribution is 2.42. The van der Waals surface area contributed by atoms with E-state index < -0.39 is 18.4 Å². The minimum Gasteiger partial charge on any atom is -0.493 e. The summed E-state index contributed by atoms with van der Waals surface area (Å²) in [5, 5.41) is 12.4. The summed E-state index contributed by atoms with van der Waals surface area (Å²) in [4.78, 5) is 25.9. The summed E-state index contributed by atoms with van der Waals surface area (Å²) in [5.74, 6) is 0.673. The van der Waals surface area contributed by atoms with Crippen molar-refractivity contribution in [1.82, 2.24) is 10.2 Å². The van der Waals surface area contributed by atoms with Gasteiger partial charge in [-0.15, -0.1) is 0 Å². The average molecular weight is 633 g/mol. The Kier molecular flexibility index (Phi) is 11.0. The van der Waals surface area contributed by atoms with Crippen LogP contribution in [-0.2, 0) is 49.9 Å². The normalized spacial score (nSPS) is 22.0. The van der Waals surface area contributed by atoms with E-state index in [-0.39, 0.29) is 30.6 Å². The number of aliphatic hydroxyl groups is 1. The quantitative estimate of drug-likeness (QED) is 0.293. The molecule has 0 radical (unpaired) electrons. The number of esters is 1. The van der Waals surface area contributed by atoms with Gasteiger partial charge in [0, 0.05) is 44.6 Å². The number of ether oxygens (including phenoxy) is 5. The minimum absolute atomic E-state index is 0.0156. The van der Waals surface area contributed by atoms with E-state index in [1.807, 2.05) is 48.5 Å². The van der Waals surface area contributed by atoms with Crippen molar-refractivity contribution in [2.45, 2.75) is 71.5 Å². The second-order valence-corrected chi connectivity index (χ2v) is 12.0. The zero-order valence-electron chi connectivity index (χ0n) is 27.2. The topological polar surface area (TPSA) is 116 Å². The minimum atomic E-state index is -0.860. The predicted molar refractivity (Wildman–Crippen MR) is 171 cm³/mol. The van der Waals surface area contributed by atoms with Gasteiger partial charge in [0.05, 0.1) is 33.0 Å². The van der Waals surface area contributed by atoms with E-state index in [9.17, 15) is 14.7 Å². The van der Waals surface area contributed by atoms with Gasteiger partial charge in [0.2, 0.25) is 0 Å². The Bertz CT molecular complexity index is 1490. The van der Waals surface area contributed by atoms with Crippen molar-refractivity contribution < 1.29 is 38.4 Å². The van der Waals surface area contributed by atoms with Crippen molar-refractivity contribution in [2.75, 3.05) is 27.3 Å². The Morgan fingerprint density at radius 1 is 0.957 bits per heavy atom. The molecule has 0 aliphatic carbocycles. The molecule has 10 heteroatoms. The molecule has 3 aromatic carbocycles. The smallest absolute Gasteiger partial charge is 0.303 e. The van der Waals surface area contributed by atoms with Crippen molar-refractivity contribution in [3.8, 4) is 11.5 Å². The Hall–Kier alpha value is -3.96. The second-order valence-electron chi connectivity index (χ2n) is 12.0. The molecule has 0 bridgehead atoms. The van der Waals surface area contributed by atoms with Gasteiger partial charge in [-0.3, -0.25) is 14.5 Å². The summed E-state index contributed by atoms with van der Waals surface area (Å²) in [6, 6.07) is 19.8. The largest absolute Gasteiger partial charge is 0.493 e. The standard InChI is InChI=1S/C36H44N2O8/c1-22-33(20-38-15-14-29-16-31(42-4)32(43-5)17-30(29)19-38)45-36(46-34(22)27-10-8-26(21-39)9-11-27)28-12-6-25(7-13-28)18-37-35(41)23(2)44-24(3)40/h6-13,16-17,22-23,33-34,36,39H,14-15,18-21H2,1-5H3,(H,37,41). The van der Waals surface area contributed by atoms with Crippen LogP contribution in [-0.4, -0.2) is 61.4 Å². The van der Waals surface area contributed by atoms with E-state index in [2.05, 4.69) is 29.3 Å². The molecule has 1 saturated heterocycles. The van der Waals surface area contributed by atoms with Crippen molar-refractivity contribution in [3.63, 3.8) is 0 Å². The summed E-state index contributed by atoms with van der Waals surface area (Å²) in [5.41, 5.74) is 6.14. The van der Waals surface area contributed by atoms with Gasteiger partial charge in [-0.25, -0.2) is 0 Å². The molecule has 2 N–H and O–H groups in total. The van der Waals surface area contributed by atoms with Crippen LogP contribution in [0.2, 0.25) is 0 Å². The molecular formula is C36H44N2O8. The number of benzene rings is 3. The van der Waals surface area contributed by atoms with Crippen LogP contribution in [0, 0.1) is 5.92 Å². The second kappa shape index (κ2) is 15.1. The van der Waals surface area contributed by atoms with Gasteiger partial charge in [0.15, 0.2) is 23.9 Å². The maximum atomic E-state index is 12.3. The van der Waals surface area contributed by atoms with Gasteiger partial charge in [0.1, 0.15) is 0 Å². The molecule has 1 fully saturated rings. The monoisotopic (exact) mass is 632 g/mol. The number of carbonyl (C=O) groups is 2. The predicted octanol–water partition coefficient (Wildman–Crippen LogP) is 4.61. The maximum absolute atomic E-state index is 12.3. The summed E-state index contributed by atoms with van der Waals surface area (Å²) in [7, 11) is 3.32. The zero-order chi connectivity index (χ0) is 32.8. The molecule has 5 rings (SSSR count). The number of fused-ring (bicyclic) bond motifs is 1. The molecular weight excluding hydrogens is 588 g/mol. The van der Waals surface area contributed by atoms with Crippen LogP contribution < -0.4 is 14.8 Å². The number of amides is 1. The first-order valence-electron chi connectivity index (χ1n) is 15.7. The van der Waals surface area contributed by atoms with Gasteiger partial charge >= 0.3 is 5.97 Å². The molecule has 46 heavy (non-hydrogen) atoms. The fourth-order valence-electron chi connectivity index (χ4n) is 6.11. The first-order valence-corrected chi connectivity index (χ1v) is 15.7. The Balaban J connectivity index is 1.32. The summed E-state index contributed by atoms with van der Waals surface area (Å²) < 4.78 is 29.4. The molecule has 2 aliphatic heterocycles. The SMILES string of the molecule is COc1cc2c(cc1OC)CN(CC1OC(c3ccc(CNC(=O)C(C)OC(C)=O)cc3)OC(c3ccc(CO)cc3)C1C)CC2. The number of aliphatic hydroxyl groups excluding tert-OH is 1. The van der Waals surface area contributed by atoms with Crippen LogP contribution in [0.1, 0.15) is 66.5 Å². The van der Waals surface area contributed by atoms with Gasteiger partial charge in [0.25, 0.3) is 5.91 Å². The van der Waals surface area contributed by atoms with Crippen molar-refractivity contribution in [1.29, 1.82) is 0 Å². The number of nitrogens with one attached hydrogen (secondary N) is 1. The van der Waals surface area contributed by atoms with Crippen LogP contribution in [0.4, 0.5) is 0 Å². The van der Waals surface area contributed by atoms with Gasteiger partial charge < -0.3 is 34.1 Å². The van der Waals surface area contributed by atoms with E-state index in [0.717, 1.165) is 59.8 Å². The highest BCUT2D eigenvalue weighted by Gasteiger charge is 2.39. The summed E-state index contributed by atoms with van der Waals surface area (Å²) >= 11 is 0. The third kappa shape index (κ3) is 7.87. The van der Waals surface area contributed by atoms with E-state index in [1.165, 1.54) is 18.1 Å². The highest BCUT2D eigenvalue weighted by molar-refractivity contribution is 5.82. The third-order valence-corrected chi connectivity index (χ3v) is 8.79. The van der Waals surface area contributed by atoms with Crippen molar-refractivity contribution >= 4 is 11.9 Å². The molecule has 3 aromatic rings. The van der Waals surface area contributed by atoms with E-state index in [4.69, 9.17) is 23.7 Å². The van der Waals surface area contributed by atoms with E-state index in [1.54, 1.807) is 21.1 Å². The fourth-order valence-corrected chi connectivity index (χ4v) is 6.11. The Labute approximate surface area is 270 Å². The lowest BCUT2D eigenvalue weighted by Crippen LogP contribution is -2.45. The highest BCUT2D eigenvalue weighted by atomic mass is 16.7. The fraction of sp³-hybridized carbons (Fsp3) is 0.444. The lowest BCUT2D eigenvalue weighted by molar-refractivity contribution is -0.276. The number of hydrogen-bond acceptors (Lipinski definition) is 9. The molecule has 5 atom stereocenters. The Morgan fingerprint density at radius 3 is 2.22 bits per heavy atom. The number of methoxy groups -OCH3 is 2. The van der Waals surface area contributed by atoms with E-state index >= 15 is 0 Å². The number of hydrogen-bond donors (Lipinski definition) is 2. The van der Waals surface area contributed by atoms with Crippen LogP contribution in [0.3, 0.4) is 0 Å². The molecule has 0 saturated carbocycles. The van der Waals surface area contributed by atoms with Gasteiger partial charge in [-0.05, 0) is 53.3 Å². The van der Waals surface area contributed by atoms with Crippen LogP contribution >= 0.6 is 0 Å². The van der Waals surface area contributed by atoms with Crippen molar-refractivity contribution in [3.05, 3.63) is 94.0 Å². The lowest BCUT2D eigenvalue weighted by Gasteiger charge is -2.43. The van der Waals surface area contributed by atoms with Gasteiger partial charge in [-0.2, -0.15) is 0 Å². The average Bonchev–Trinajstić information content (AvgIpc) is 3.07. The van der Waals surface area contributed by atoms with Gasteiger partial charge in [-0.1, -0.05) is 55.5 Å². The molecule has 10 nitrogen and oxygen atoms in total. The Morgan fingerprint density at radius 2 is 1.59 bits per heavy atom. The molecule has 1 amide bonds. The molecule has 2 aliphatic rings. The molecule has 2 heterocycles. The third-order valence-electron chi connectivity index (χ3n) is 8.79. The first kappa shape index (κ1) is 33.4. The van der Waals surface area contributed by atoms with Crippen molar-refractivity contribution in [2.24, 2.45) is 5.92 Å². The number of nitrogens with zero attached hydrogens (tertiary/aromatic N) is 1. The zero-order valence-corrected chi connectivity index (χ0v) is 27.2. The molecule has 5 unspecified atom stereocenters. The first-order chi connectivity index (χ1) is 22.2. The van der Waals surface area contributed by atoms with Crippen LogP contribution in [0.15, 0.2) is 60.7 Å². The summed E-state index contributed by atoms with van der Waals surface area (Å²) in [6.07, 6.45) is -0.899.